The molecule has 0 aromatic heterocycles. The molecule has 0 rings (SSSR count). The lowest BCUT2D eigenvalue weighted by atomic mass is 10.0. The highest BCUT2D eigenvalue weighted by Gasteiger charge is 2.27. The molecule has 490 valence electrons. The van der Waals surface area contributed by atoms with E-state index in [1.165, 1.54) is 109 Å². The molecule has 0 fully saturated rings. The lowest BCUT2D eigenvalue weighted by Crippen LogP contribution is -2.37. The van der Waals surface area contributed by atoms with E-state index in [2.05, 4.69) is 160 Å². The summed E-state index contributed by atoms with van der Waals surface area (Å²) >= 11 is 0. The van der Waals surface area contributed by atoms with Crippen LogP contribution in [-0.4, -0.2) is 74.9 Å². The predicted octanol–water partition coefficient (Wildman–Crippen LogP) is 22.6. The van der Waals surface area contributed by atoms with Crippen LogP contribution in [0.4, 0.5) is 0 Å². The number of hydrogen-bond acceptors (Lipinski definition) is 7. The van der Waals surface area contributed by atoms with Gasteiger partial charge in [-0.1, -0.05) is 288 Å². The number of quaternary nitrogens is 1. The zero-order valence-electron chi connectivity index (χ0n) is 55.7. The van der Waals surface area contributed by atoms with Crippen molar-refractivity contribution < 1.29 is 42.1 Å². The fraction of sp³-hybridized carbons (Fsp3) is 0.658. The Labute approximate surface area is 529 Å². The average Bonchev–Trinajstić information content (AvgIpc) is 3.53. The Kier molecular flexibility index (Phi) is 62.2. The molecule has 0 bridgehead atoms. The molecule has 0 aliphatic carbocycles. The van der Waals surface area contributed by atoms with Crippen molar-refractivity contribution >= 4 is 19.8 Å². The minimum absolute atomic E-state index is 0.0212. The van der Waals surface area contributed by atoms with Crippen LogP contribution >= 0.6 is 7.82 Å². The summed E-state index contributed by atoms with van der Waals surface area (Å²) in [6.07, 6.45) is 96.6. The summed E-state index contributed by atoms with van der Waals surface area (Å²) in [5.74, 6) is -0.821. The Bertz CT molecular complexity index is 1960. The van der Waals surface area contributed by atoms with E-state index >= 15 is 0 Å². The van der Waals surface area contributed by atoms with Crippen LogP contribution in [-0.2, 0) is 32.7 Å². The molecule has 0 radical (unpaired) electrons. The van der Waals surface area contributed by atoms with Crippen molar-refractivity contribution in [2.75, 3.05) is 47.5 Å². The first-order valence-corrected chi connectivity index (χ1v) is 36.1. The summed E-state index contributed by atoms with van der Waals surface area (Å²) in [6.45, 7) is 4.19. The predicted molar refractivity (Wildman–Crippen MR) is 371 cm³/mol. The summed E-state index contributed by atoms with van der Waals surface area (Å²) in [5, 5.41) is 0. The van der Waals surface area contributed by atoms with E-state index in [1.54, 1.807) is 0 Å². The Morgan fingerprint density at radius 2 is 0.628 bits per heavy atom. The van der Waals surface area contributed by atoms with Gasteiger partial charge in [-0.3, -0.25) is 18.6 Å². The Balaban J connectivity index is 4.09. The molecule has 0 heterocycles. The third-order valence-corrected chi connectivity index (χ3v) is 15.3. The van der Waals surface area contributed by atoms with Gasteiger partial charge >= 0.3 is 19.8 Å². The molecular formula is C76H129NO8P+. The maximum Gasteiger partial charge on any atom is 0.472 e. The van der Waals surface area contributed by atoms with E-state index in [0.29, 0.717) is 17.4 Å². The molecule has 9 nitrogen and oxygen atoms in total. The number of rotatable bonds is 62. The number of carbonyl (C=O) groups is 2. The highest BCUT2D eigenvalue weighted by molar-refractivity contribution is 7.47. The van der Waals surface area contributed by atoms with Crippen molar-refractivity contribution in [2.24, 2.45) is 0 Å². The number of unbranched alkanes of at least 4 members (excludes halogenated alkanes) is 24. The van der Waals surface area contributed by atoms with Gasteiger partial charge in [-0.2, -0.15) is 0 Å². The number of carbonyl (C=O) groups excluding carboxylic acids is 2. The van der Waals surface area contributed by atoms with Crippen LogP contribution in [0, 0.1) is 0 Å². The van der Waals surface area contributed by atoms with E-state index in [-0.39, 0.29) is 32.0 Å². The second-order valence-corrected chi connectivity index (χ2v) is 25.3. The largest absolute Gasteiger partial charge is 0.472 e. The monoisotopic (exact) mass is 1210 g/mol. The molecule has 0 saturated heterocycles. The second-order valence-electron chi connectivity index (χ2n) is 23.8. The minimum atomic E-state index is -4.41. The average molecular weight is 1220 g/mol. The van der Waals surface area contributed by atoms with Crippen LogP contribution in [0.2, 0.25) is 0 Å². The van der Waals surface area contributed by atoms with Gasteiger partial charge in [-0.25, -0.2) is 4.57 Å². The van der Waals surface area contributed by atoms with Crippen LogP contribution in [0.5, 0.6) is 0 Å². The van der Waals surface area contributed by atoms with Gasteiger partial charge < -0.3 is 18.9 Å². The van der Waals surface area contributed by atoms with Crippen LogP contribution in [0.3, 0.4) is 0 Å². The number of phosphoric ester groups is 1. The van der Waals surface area contributed by atoms with Crippen LogP contribution in [0.1, 0.15) is 271 Å². The number of phosphoric acid groups is 1. The third kappa shape index (κ3) is 69.0. The summed E-state index contributed by atoms with van der Waals surface area (Å²) in [5.41, 5.74) is 0. The number of likely N-dealkylation sites (N-methyl/N-ethyl adjacent to an activating group) is 1. The minimum Gasteiger partial charge on any atom is -0.462 e. The second kappa shape index (κ2) is 65.3. The molecule has 0 aromatic rings. The van der Waals surface area contributed by atoms with Crippen molar-refractivity contribution in [3.63, 3.8) is 0 Å². The zero-order valence-corrected chi connectivity index (χ0v) is 56.6. The Hall–Kier alpha value is -4.11. The highest BCUT2D eigenvalue weighted by Crippen LogP contribution is 2.43. The normalized spacial score (nSPS) is 14.1. The lowest BCUT2D eigenvalue weighted by molar-refractivity contribution is -0.870. The van der Waals surface area contributed by atoms with Crippen molar-refractivity contribution in [3.05, 3.63) is 146 Å². The number of allylic oxidation sites excluding steroid dienone is 24. The van der Waals surface area contributed by atoms with Crippen LogP contribution < -0.4 is 0 Å². The summed E-state index contributed by atoms with van der Waals surface area (Å²) in [6, 6.07) is 0. The Morgan fingerprint density at radius 1 is 0.360 bits per heavy atom. The number of nitrogens with zero attached hydrogens (tertiary/aromatic N) is 1. The molecule has 86 heavy (non-hydrogen) atoms. The molecule has 0 amide bonds. The van der Waals surface area contributed by atoms with Gasteiger partial charge in [0, 0.05) is 12.8 Å². The van der Waals surface area contributed by atoms with Gasteiger partial charge in [0.25, 0.3) is 0 Å². The SMILES string of the molecule is CC/C=C\C/C=C\C/C=C\C/C=C\C/C=C\C/C=C\C/C=C\CCCCCCCC(=O)OC(COC(=O)CCCCCCCCCCCCCCCCCCCCC/C=C\C/C=C\C/C=C\C/C=C\C/C=C\CC)COP(=O)(O)OCC[N+](C)(C)C. The molecule has 0 saturated carbocycles. The van der Waals surface area contributed by atoms with Crippen molar-refractivity contribution in [3.8, 4) is 0 Å². The van der Waals surface area contributed by atoms with Crippen LogP contribution in [0.25, 0.3) is 0 Å². The smallest absolute Gasteiger partial charge is 0.462 e. The standard InChI is InChI=1S/C76H128NO8P/c1-6-8-10-12-14-16-18-20-22-24-26-28-30-32-34-35-36-37-38-39-40-41-43-44-46-48-50-52-54-56-58-60-62-64-66-68-75(78)82-72-74(73-84-86(80,81)83-71-70-77(3,4)5)85-76(79)69-67-65-63-61-59-57-55-53-51-49-47-45-42-33-31-29-27-25-23-21-19-17-15-13-11-9-7-2/h8-11,14-17,20-23,26-29,32-34,42,47,49,53,55,74H,6-7,12-13,18-19,24-25,30-31,35-41,43-46,48,50-52,54,56-73H2,1-5H3/p+1/b10-8-,11-9-,16-14-,17-15-,22-20-,23-21-,28-26-,29-27-,34-32-,42-33-,49-47-,55-53-. The molecule has 2 atom stereocenters. The van der Waals surface area contributed by atoms with Crippen LogP contribution in [0.15, 0.2) is 146 Å². The number of hydrogen-bond donors (Lipinski definition) is 1. The van der Waals surface area contributed by atoms with Gasteiger partial charge in [0.1, 0.15) is 19.8 Å². The first-order chi connectivity index (χ1) is 42.0. The van der Waals surface area contributed by atoms with Gasteiger partial charge in [0.15, 0.2) is 6.10 Å². The van der Waals surface area contributed by atoms with Gasteiger partial charge in [-0.05, 0) is 116 Å². The van der Waals surface area contributed by atoms with Gasteiger partial charge in [0.2, 0.25) is 0 Å². The third-order valence-electron chi connectivity index (χ3n) is 14.4. The highest BCUT2D eigenvalue weighted by atomic mass is 31.2. The quantitative estimate of drug-likeness (QED) is 0.0211. The van der Waals surface area contributed by atoms with E-state index in [0.717, 1.165) is 128 Å². The first kappa shape index (κ1) is 81.9. The van der Waals surface area contributed by atoms with Gasteiger partial charge in [-0.15, -0.1) is 0 Å². The Morgan fingerprint density at radius 3 is 0.930 bits per heavy atom. The van der Waals surface area contributed by atoms with Crippen molar-refractivity contribution in [2.45, 2.75) is 277 Å². The topological polar surface area (TPSA) is 108 Å². The van der Waals surface area contributed by atoms with E-state index < -0.39 is 26.5 Å². The summed E-state index contributed by atoms with van der Waals surface area (Å²) in [4.78, 5) is 35.9. The molecule has 10 heteroatoms. The van der Waals surface area contributed by atoms with Crippen molar-refractivity contribution in [1.82, 2.24) is 0 Å². The fourth-order valence-corrected chi connectivity index (χ4v) is 9.88. The maximum atomic E-state index is 12.9. The molecule has 1 N–H and O–H groups in total. The molecule has 0 aromatic carbocycles. The van der Waals surface area contributed by atoms with Gasteiger partial charge in [0.05, 0.1) is 27.7 Å². The van der Waals surface area contributed by atoms with E-state index in [4.69, 9.17) is 18.5 Å². The number of esters is 2. The fourth-order valence-electron chi connectivity index (χ4n) is 9.14. The molecular weight excluding hydrogens is 1090 g/mol. The zero-order chi connectivity index (χ0) is 62.6. The molecule has 2 unspecified atom stereocenters. The molecule has 0 aliphatic heterocycles. The maximum absolute atomic E-state index is 12.9. The van der Waals surface area contributed by atoms with E-state index in [1.807, 2.05) is 21.1 Å². The lowest BCUT2D eigenvalue weighted by Gasteiger charge is -2.24. The number of ether oxygens (including phenoxy) is 2. The van der Waals surface area contributed by atoms with Crippen molar-refractivity contribution in [1.29, 1.82) is 0 Å². The summed E-state index contributed by atoms with van der Waals surface area (Å²) in [7, 11) is 1.45. The first-order valence-electron chi connectivity index (χ1n) is 34.6. The molecule has 0 spiro atoms. The van der Waals surface area contributed by atoms with E-state index in [9.17, 15) is 19.0 Å². The molecule has 0 aliphatic rings. The summed E-state index contributed by atoms with van der Waals surface area (Å²) < 4.78 is 34.7.